The summed E-state index contributed by atoms with van der Waals surface area (Å²) < 4.78 is 0. The number of carbonyl (C=O) groups is 1. The molecule has 4 nitrogen and oxygen atoms in total. The Kier molecular flexibility index (Phi) is 2.51. The van der Waals surface area contributed by atoms with Crippen LogP contribution in [0.5, 0.6) is 0 Å². The summed E-state index contributed by atoms with van der Waals surface area (Å²) in [6.45, 7) is 4.50. The van der Waals surface area contributed by atoms with Crippen LogP contribution in [0.2, 0.25) is 0 Å². The molecule has 0 bridgehead atoms. The van der Waals surface area contributed by atoms with Crippen molar-refractivity contribution in [2.45, 2.75) is 25.8 Å². The lowest BCUT2D eigenvalue weighted by atomic mass is 10.0. The van der Waals surface area contributed by atoms with Gasteiger partial charge in [-0.25, -0.2) is 5.06 Å². The third kappa shape index (κ3) is 1.69. The SMILES string of the molecule is CC1CCNC1C(=O)N1CCCO1. The van der Waals surface area contributed by atoms with Crippen LogP contribution in [-0.4, -0.2) is 36.7 Å². The van der Waals surface area contributed by atoms with E-state index >= 15 is 0 Å². The van der Waals surface area contributed by atoms with Crippen molar-refractivity contribution in [1.82, 2.24) is 10.4 Å². The molecule has 0 aromatic heterocycles. The molecular formula is C9H16N2O2. The third-order valence-electron chi connectivity index (χ3n) is 2.80. The smallest absolute Gasteiger partial charge is 0.263 e. The summed E-state index contributed by atoms with van der Waals surface area (Å²) in [5.41, 5.74) is 0. The fourth-order valence-electron chi connectivity index (χ4n) is 1.94. The maximum absolute atomic E-state index is 11.8. The minimum Gasteiger partial charge on any atom is -0.306 e. The fourth-order valence-corrected chi connectivity index (χ4v) is 1.94. The predicted molar refractivity (Wildman–Crippen MR) is 47.9 cm³/mol. The normalized spacial score (nSPS) is 34.1. The van der Waals surface area contributed by atoms with Crippen LogP contribution in [0.1, 0.15) is 19.8 Å². The highest BCUT2D eigenvalue weighted by atomic mass is 16.7. The van der Waals surface area contributed by atoms with E-state index in [9.17, 15) is 4.79 Å². The predicted octanol–water partition coefficient (Wildman–Crippen LogP) is 0.148. The number of carbonyl (C=O) groups excluding carboxylic acids is 1. The van der Waals surface area contributed by atoms with E-state index in [0.29, 0.717) is 12.5 Å². The molecule has 2 aliphatic rings. The summed E-state index contributed by atoms with van der Waals surface area (Å²) >= 11 is 0. The summed E-state index contributed by atoms with van der Waals surface area (Å²) in [4.78, 5) is 17.0. The van der Waals surface area contributed by atoms with E-state index in [4.69, 9.17) is 4.84 Å². The van der Waals surface area contributed by atoms with E-state index in [0.717, 1.165) is 25.9 Å². The molecule has 0 spiro atoms. The van der Waals surface area contributed by atoms with Gasteiger partial charge in [0.1, 0.15) is 0 Å². The van der Waals surface area contributed by atoms with Crippen LogP contribution in [0.15, 0.2) is 0 Å². The summed E-state index contributed by atoms with van der Waals surface area (Å²) in [5.74, 6) is 0.555. The molecule has 4 heteroatoms. The van der Waals surface area contributed by atoms with Crippen molar-refractivity contribution < 1.29 is 9.63 Å². The first-order chi connectivity index (χ1) is 6.29. The number of nitrogens with one attached hydrogen (secondary N) is 1. The Morgan fingerprint density at radius 1 is 1.62 bits per heavy atom. The zero-order valence-electron chi connectivity index (χ0n) is 7.95. The molecule has 1 amide bonds. The minimum atomic E-state index is -0.0156. The van der Waals surface area contributed by atoms with Gasteiger partial charge in [-0.15, -0.1) is 0 Å². The summed E-state index contributed by atoms with van der Waals surface area (Å²) in [5, 5.41) is 4.73. The summed E-state index contributed by atoms with van der Waals surface area (Å²) in [6, 6.07) is -0.0156. The van der Waals surface area contributed by atoms with Gasteiger partial charge in [-0.1, -0.05) is 6.92 Å². The van der Waals surface area contributed by atoms with Gasteiger partial charge in [-0.3, -0.25) is 9.63 Å². The van der Waals surface area contributed by atoms with Crippen LogP contribution >= 0.6 is 0 Å². The first-order valence-electron chi connectivity index (χ1n) is 4.97. The molecule has 2 fully saturated rings. The van der Waals surface area contributed by atoms with Gasteiger partial charge in [0.2, 0.25) is 0 Å². The van der Waals surface area contributed by atoms with E-state index in [1.165, 1.54) is 5.06 Å². The van der Waals surface area contributed by atoms with Crippen molar-refractivity contribution in [2.24, 2.45) is 5.92 Å². The molecule has 1 N–H and O–H groups in total. The number of amides is 1. The van der Waals surface area contributed by atoms with Crippen molar-refractivity contribution in [3.63, 3.8) is 0 Å². The summed E-state index contributed by atoms with van der Waals surface area (Å²) in [7, 11) is 0. The standard InChI is InChI=1S/C9H16N2O2/c1-7-3-4-10-8(7)9(12)11-5-2-6-13-11/h7-8,10H,2-6H2,1H3. The van der Waals surface area contributed by atoms with Gasteiger partial charge >= 0.3 is 0 Å². The topological polar surface area (TPSA) is 41.6 Å². The Labute approximate surface area is 78.2 Å². The van der Waals surface area contributed by atoms with Crippen molar-refractivity contribution in [3.8, 4) is 0 Å². The van der Waals surface area contributed by atoms with Crippen LogP contribution in [0.3, 0.4) is 0 Å². The van der Waals surface area contributed by atoms with E-state index in [1.54, 1.807) is 0 Å². The Morgan fingerprint density at radius 3 is 3.00 bits per heavy atom. The van der Waals surface area contributed by atoms with Gasteiger partial charge in [0, 0.05) is 0 Å². The highest BCUT2D eigenvalue weighted by Crippen LogP contribution is 2.18. The van der Waals surface area contributed by atoms with Gasteiger partial charge in [-0.05, 0) is 25.3 Å². The molecule has 74 valence electrons. The fraction of sp³-hybridized carbons (Fsp3) is 0.889. The molecule has 0 aromatic rings. The Hall–Kier alpha value is -0.610. The molecule has 2 aliphatic heterocycles. The van der Waals surface area contributed by atoms with Gasteiger partial charge in [-0.2, -0.15) is 0 Å². The van der Waals surface area contributed by atoms with Gasteiger partial charge in [0.15, 0.2) is 0 Å². The second-order valence-corrected chi connectivity index (χ2v) is 3.82. The Morgan fingerprint density at radius 2 is 2.46 bits per heavy atom. The molecule has 0 saturated carbocycles. The molecule has 0 radical (unpaired) electrons. The Balaban J connectivity index is 1.95. The number of hydrogen-bond acceptors (Lipinski definition) is 3. The summed E-state index contributed by atoms with van der Waals surface area (Å²) in [6.07, 6.45) is 2.05. The zero-order valence-corrected chi connectivity index (χ0v) is 7.95. The second-order valence-electron chi connectivity index (χ2n) is 3.82. The van der Waals surface area contributed by atoms with Crippen molar-refractivity contribution in [2.75, 3.05) is 19.7 Å². The van der Waals surface area contributed by atoms with Gasteiger partial charge < -0.3 is 5.32 Å². The van der Waals surface area contributed by atoms with E-state index in [2.05, 4.69) is 12.2 Å². The lowest BCUT2D eigenvalue weighted by molar-refractivity contribution is -0.171. The quantitative estimate of drug-likeness (QED) is 0.630. The van der Waals surface area contributed by atoms with Crippen LogP contribution < -0.4 is 5.32 Å². The molecule has 13 heavy (non-hydrogen) atoms. The van der Waals surface area contributed by atoms with Crippen molar-refractivity contribution in [1.29, 1.82) is 0 Å². The third-order valence-corrected chi connectivity index (χ3v) is 2.80. The Bertz CT molecular complexity index is 202. The molecule has 0 aliphatic carbocycles. The average molecular weight is 184 g/mol. The molecule has 2 rings (SSSR count). The molecular weight excluding hydrogens is 168 g/mol. The highest BCUT2D eigenvalue weighted by molar-refractivity contribution is 5.81. The van der Waals surface area contributed by atoms with Crippen molar-refractivity contribution in [3.05, 3.63) is 0 Å². The van der Waals surface area contributed by atoms with Crippen molar-refractivity contribution >= 4 is 5.91 Å². The number of hydroxylamine groups is 2. The first-order valence-corrected chi connectivity index (χ1v) is 4.97. The van der Waals surface area contributed by atoms with E-state index < -0.39 is 0 Å². The minimum absolute atomic E-state index is 0.0156. The lowest BCUT2D eigenvalue weighted by Crippen LogP contribution is -2.44. The second kappa shape index (κ2) is 3.64. The molecule has 2 heterocycles. The van der Waals surface area contributed by atoms with Gasteiger partial charge in [0.05, 0.1) is 19.2 Å². The first kappa shape index (κ1) is 8.97. The monoisotopic (exact) mass is 184 g/mol. The van der Waals surface area contributed by atoms with Gasteiger partial charge in [0.25, 0.3) is 5.91 Å². The largest absolute Gasteiger partial charge is 0.306 e. The van der Waals surface area contributed by atoms with Crippen LogP contribution in [0, 0.1) is 5.92 Å². The highest BCUT2D eigenvalue weighted by Gasteiger charge is 2.34. The maximum atomic E-state index is 11.8. The van der Waals surface area contributed by atoms with E-state index in [-0.39, 0.29) is 11.9 Å². The van der Waals surface area contributed by atoms with E-state index in [1.807, 2.05) is 0 Å². The molecule has 2 unspecified atom stereocenters. The lowest BCUT2D eigenvalue weighted by Gasteiger charge is -2.21. The number of rotatable bonds is 1. The number of hydrogen-bond donors (Lipinski definition) is 1. The molecule has 0 aromatic carbocycles. The molecule has 2 saturated heterocycles. The van der Waals surface area contributed by atoms with Crippen LogP contribution in [0.25, 0.3) is 0 Å². The average Bonchev–Trinajstić information content (AvgIpc) is 2.72. The zero-order chi connectivity index (χ0) is 9.26. The number of nitrogens with zero attached hydrogens (tertiary/aromatic N) is 1. The van der Waals surface area contributed by atoms with Crippen LogP contribution in [-0.2, 0) is 9.63 Å². The van der Waals surface area contributed by atoms with Crippen LogP contribution in [0.4, 0.5) is 0 Å². The maximum Gasteiger partial charge on any atom is 0.263 e. The molecule has 2 atom stereocenters.